The first-order chi connectivity index (χ1) is 18.3. The summed E-state index contributed by atoms with van der Waals surface area (Å²) in [5.74, 6) is 0. The standard InChI is InChI=1S/C26H36N4.C6H7N/c1-3-11-24(12-4-1)28-16-7-2-8-17-30(20-22-10-9-15-27-18-22)21-23-19-29-26-14-6-5-13-25(23)26;7-6-4-2-1-3-5-6/h5-6,9-10,13-15,18-19,24,28-29H,1-4,7-8,11-12,16-17,20-21H2;1-5H,7H2. The van der Waals surface area contributed by atoms with Crippen LogP contribution in [-0.4, -0.2) is 34.0 Å². The summed E-state index contributed by atoms with van der Waals surface area (Å²) in [7, 11) is 0. The number of benzene rings is 2. The van der Waals surface area contributed by atoms with E-state index in [0.717, 1.165) is 31.4 Å². The van der Waals surface area contributed by atoms with Crippen LogP contribution in [0.4, 0.5) is 5.69 Å². The van der Waals surface area contributed by atoms with E-state index >= 15 is 0 Å². The maximum absolute atomic E-state index is 5.36. The molecule has 5 nitrogen and oxygen atoms in total. The number of hydrogen-bond donors (Lipinski definition) is 3. The molecule has 0 radical (unpaired) electrons. The van der Waals surface area contributed by atoms with Gasteiger partial charge in [0.05, 0.1) is 0 Å². The second kappa shape index (κ2) is 15.2. The smallest absolute Gasteiger partial charge is 0.0457 e. The van der Waals surface area contributed by atoms with Crippen LogP contribution in [0.25, 0.3) is 10.9 Å². The molecule has 0 amide bonds. The van der Waals surface area contributed by atoms with Crippen LogP contribution in [0, 0.1) is 0 Å². The number of para-hydroxylation sites is 2. The summed E-state index contributed by atoms with van der Waals surface area (Å²) < 4.78 is 0. The average molecular weight is 498 g/mol. The monoisotopic (exact) mass is 497 g/mol. The number of hydrogen-bond acceptors (Lipinski definition) is 4. The van der Waals surface area contributed by atoms with E-state index in [4.69, 9.17) is 5.73 Å². The number of nitrogens with one attached hydrogen (secondary N) is 2. The number of H-pyrrole nitrogens is 1. The van der Waals surface area contributed by atoms with Crippen LogP contribution < -0.4 is 11.1 Å². The van der Waals surface area contributed by atoms with Gasteiger partial charge in [0.2, 0.25) is 0 Å². The average Bonchev–Trinajstić information content (AvgIpc) is 3.35. The number of nitrogens with zero attached hydrogens (tertiary/aromatic N) is 2. The molecule has 0 saturated heterocycles. The molecule has 0 spiro atoms. The number of rotatable bonds is 11. The molecule has 0 unspecified atom stereocenters. The molecule has 4 N–H and O–H groups in total. The van der Waals surface area contributed by atoms with E-state index in [1.165, 1.54) is 79.9 Å². The predicted octanol–water partition coefficient (Wildman–Crippen LogP) is 6.93. The maximum atomic E-state index is 5.36. The molecule has 1 fully saturated rings. The van der Waals surface area contributed by atoms with Crippen LogP contribution >= 0.6 is 0 Å². The summed E-state index contributed by atoms with van der Waals surface area (Å²) in [4.78, 5) is 10.3. The van der Waals surface area contributed by atoms with Crippen molar-refractivity contribution in [3.05, 3.63) is 96.4 Å². The van der Waals surface area contributed by atoms with Crippen LogP contribution in [0.1, 0.15) is 62.5 Å². The zero-order valence-corrected chi connectivity index (χ0v) is 22.1. The topological polar surface area (TPSA) is 70.0 Å². The fraction of sp³-hybridized carbons (Fsp3) is 0.406. The molecule has 0 atom stereocenters. The van der Waals surface area contributed by atoms with Gasteiger partial charge < -0.3 is 16.0 Å². The van der Waals surface area contributed by atoms with Gasteiger partial charge in [-0.25, -0.2) is 0 Å². The van der Waals surface area contributed by atoms with Crippen LogP contribution in [0.2, 0.25) is 0 Å². The number of aromatic amines is 1. The van der Waals surface area contributed by atoms with Gasteiger partial charge in [-0.2, -0.15) is 0 Å². The zero-order chi connectivity index (χ0) is 25.5. The minimum atomic E-state index is 0.780. The fourth-order valence-electron chi connectivity index (χ4n) is 5.17. The Kier molecular flexibility index (Phi) is 11.0. The summed E-state index contributed by atoms with van der Waals surface area (Å²) in [6, 6.07) is 23.1. The van der Waals surface area contributed by atoms with Gasteiger partial charge in [-0.1, -0.05) is 68.1 Å². The molecule has 1 aliphatic carbocycles. The van der Waals surface area contributed by atoms with Crippen LogP contribution in [0.3, 0.4) is 0 Å². The lowest BCUT2D eigenvalue weighted by Crippen LogP contribution is -2.31. The number of anilines is 1. The van der Waals surface area contributed by atoms with E-state index in [9.17, 15) is 0 Å². The highest BCUT2D eigenvalue weighted by Gasteiger charge is 2.13. The summed E-state index contributed by atoms with van der Waals surface area (Å²) >= 11 is 0. The first-order valence-electron chi connectivity index (χ1n) is 14.0. The molecule has 5 rings (SSSR count). The van der Waals surface area contributed by atoms with Crippen molar-refractivity contribution < 1.29 is 0 Å². The van der Waals surface area contributed by atoms with E-state index < -0.39 is 0 Å². The summed E-state index contributed by atoms with van der Waals surface area (Å²) in [5, 5.41) is 5.12. The second-order valence-electron chi connectivity index (χ2n) is 10.2. The van der Waals surface area contributed by atoms with Crippen molar-refractivity contribution in [2.24, 2.45) is 0 Å². The Bertz CT molecular complexity index is 1140. The Labute approximate surface area is 222 Å². The Hall–Kier alpha value is -3.15. The summed E-state index contributed by atoms with van der Waals surface area (Å²) in [6.07, 6.45) is 16.9. The maximum Gasteiger partial charge on any atom is 0.0457 e. The number of nitrogen functional groups attached to an aromatic ring is 1. The van der Waals surface area contributed by atoms with Crippen molar-refractivity contribution in [1.29, 1.82) is 0 Å². The lowest BCUT2D eigenvalue weighted by atomic mass is 9.95. The third-order valence-electron chi connectivity index (χ3n) is 7.19. The molecule has 1 saturated carbocycles. The SMILES string of the molecule is Nc1ccccc1.c1cncc(CN(CCCCCNC2CCCCC2)Cc2c[nH]c3ccccc23)c1. The molecule has 4 aromatic rings. The third-order valence-corrected chi connectivity index (χ3v) is 7.19. The van der Waals surface area contributed by atoms with Crippen molar-refractivity contribution in [3.8, 4) is 0 Å². The highest BCUT2D eigenvalue weighted by molar-refractivity contribution is 5.82. The number of unbranched alkanes of at least 4 members (excludes halogenated alkanes) is 2. The Morgan fingerprint density at radius 1 is 0.865 bits per heavy atom. The van der Waals surface area contributed by atoms with E-state index in [-0.39, 0.29) is 0 Å². The number of aromatic nitrogens is 2. The molecule has 2 heterocycles. The van der Waals surface area contributed by atoms with Gasteiger partial charge in [0.1, 0.15) is 0 Å². The zero-order valence-electron chi connectivity index (χ0n) is 22.1. The summed E-state index contributed by atoms with van der Waals surface area (Å²) in [6.45, 7) is 4.22. The van der Waals surface area contributed by atoms with Gasteiger partial charge in [0, 0.05) is 54.3 Å². The van der Waals surface area contributed by atoms with E-state index in [2.05, 4.69) is 56.7 Å². The Morgan fingerprint density at radius 2 is 1.68 bits per heavy atom. The summed E-state index contributed by atoms with van der Waals surface area (Å²) in [5.41, 5.74) is 10.1. The largest absolute Gasteiger partial charge is 0.399 e. The quantitative estimate of drug-likeness (QED) is 0.155. The van der Waals surface area contributed by atoms with Crippen LogP contribution in [0.5, 0.6) is 0 Å². The van der Waals surface area contributed by atoms with Crippen molar-refractivity contribution in [1.82, 2.24) is 20.2 Å². The van der Waals surface area contributed by atoms with Gasteiger partial charge in [0.25, 0.3) is 0 Å². The molecule has 2 aromatic heterocycles. The van der Waals surface area contributed by atoms with Crippen molar-refractivity contribution in [3.63, 3.8) is 0 Å². The lowest BCUT2D eigenvalue weighted by Gasteiger charge is -2.23. The molecular weight excluding hydrogens is 454 g/mol. The van der Waals surface area contributed by atoms with Crippen molar-refractivity contribution in [2.75, 3.05) is 18.8 Å². The van der Waals surface area contributed by atoms with Gasteiger partial charge in [-0.3, -0.25) is 9.88 Å². The molecular formula is C32H43N5. The minimum absolute atomic E-state index is 0.780. The predicted molar refractivity (Wildman–Crippen MR) is 156 cm³/mol. The molecule has 2 aromatic carbocycles. The molecule has 37 heavy (non-hydrogen) atoms. The van der Waals surface area contributed by atoms with E-state index in [1.807, 2.05) is 48.8 Å². The highest BCUT2D eigenvalue weighted by atomic mass is 15.1. The highest BCUT2D eigenvalue weighted by Crippen LogP contribution is 2.21. The van der Waals surface area contributed by atoms with Gasteiger partial charge in [0.15, 0.2) is 0 Å². The fourth-order valence-corrected chi connectivity index (χ4v) is 5.17. The van der Waals surface area contributed by atoms with Crippen molar-refractivity contribution >= 4 is 16.6 Å². The van der Waals surface area contributed by atoms with Gasteiger partial charge >= 0.3 is 0 Å². The molecule has 5 heteroatoms. The third kappa shape index (κ3) is 9.34. The molecule has 0 aliphatic heterocycles. The number of fused-ring (bicyclic) bond motifs is 1. The molecule has 0 bridgehead atoms. The van der Waals surface area contributed by atoms with Crippen LogP contribution in [-0.2, 0) is 13.1 Å². The van der Waals surface area contributed by atoms with Gasteiger partial charge in [-0.15, -0.1) is 0 Å². The van der Waals surface area contributed by atoms with E-state index in [1.54, 1.807) is 0 Å². The molecule has 1 aliphatic rings. The normalized spacial score (nSPS) is 14.0. The first-order valence-corrected chi connectivity index (χ1v) is 14.0. The van der Waals surface area contributed by atoms with E-state index in [0.29, 0.717) is 0 Å². The van der Waals surface area contributed by atoms with Crippen molar-refractivity contribution in [2.45, 2.75) is 70.5 Å². The number of pyridine rings is 1. The first kappa shape index (κ1) is 26.9. The second-order valence-corrected chi connectivity index (χ2v) is 10.2. The lowest BCUT2D eigenvalue weighted by molar-refractivity contribution is 0.250. The Balaban J connectivity index is 0.000000396. The minimum Gasteiger partial charge on any atom is -0.399 e. The molecule has 196 valence electrons. The Morgan fingerprint density at radius 3 is 2.43 bits per heavy atom. The number of nitrogens with two attached hydrogens (primary N) is 1. The van der Waals surface area contributed by atoms with Gasteiger partial charge in [-0.05, 0) is 74.2 Å². The van der Waals surface area contributed by atoms with Crippen LogP contribution in [0.15, 0.2) is 85.3 Å².